The van der Waals surface area contributed by atoms with Gasteiger partial charge in [0.15, 0.2) is 5.66 Å². The van der Waals surface area contributed by atoms with Gasteiger partial charge in [0.1, 0.15) is 5.54 Å². The zero-order valence-corrected chi connectivity index (χ0v) is 9.96. The molecule has 1 aliphatic rings. The van der Waals surface area contributed by atoms with Gasteiger partial charge in [0.2, 0.25) is 0 Å². The number of primary amides is 1. The monoisotopic (exact) mass is 227 g/mol. The largest absolute Gasteiger partial charge is 1.00 e. The summed E-state index contributed by atoms with van der Waals surface area (Å²) in [6.45, 7) is 8.03. The number of hydrogen-bond acceptors (Lipinski definition) is 2. The molecule has 0 aromatic carbocycles. The summed E-state index contributed by atoms with van der Waals surface area (Å²) in [6, 6.07) is 0. The molecule has 0 bridgehead atoms. The lowest BCUT2D eigenvalue weighted by atomic mass is 10.00. The fourth-order valence-corrected chi connectivity index (χ4v) is 1.56. The Morgan fingerprint density at radius 1 is 1.31 bits per heavy atom. The Hall–Kier alpha value is 0.170. The van der Waals surface area contributed by atoms with Crippen LogP contribution in [-0.2, 0) is 4.79 Å². The Bertz CT molecular complexity index is 197. The van der Waals surface area contributed by atoms with Crippen molar-refractivity contribution >= 4 is 5.91 Å². The number of carbonyl (C=O) groups excluding carboxylic acids is 1. The van der Waals surface area contributed by atoms with Crippen molar-refractivity contribution in [2.24, 2.45) is 0 Å². The molecule has 1 atom stereocenters. The molecule has 1 heterocycles. The van der Waals surface area contributed by atoms with Gasteiger partial charge in [-0.25, -0.2) is 10.1 Å². The van der Waals surface area contributed by atoms with E-state index in [9.17, 15) is 4.79 Å². The van der Waals surface area contributed by atoms with Gasteiger partial charge in [0, 0.05) is 13.8 Å². The van der Waals surface area contributed by atoms with Crippen molar-refractivity contribution in [3.8, 4) is 0 Å². The highest BCUT2D eigenvalue weighted by Gasteiger charge is 2.49. The number of amides is 1. The molecule has 0 saturated carbocycles. The van der Waals surface area contributed by atoms with Crippen molar-refractivity contribution in [1.82, 2.24) is 5.32 Å². The van der Waals surface area contributed by atoms with Gasteiger partial charge in [-0.2, -0.15) is 0 Å². The number of rotatable bonds is 1. The number of nitrogens with one attached hydrogen (secondary N) is 1. The van der Waals surface area contributed by atoms with Crippen LogP contribution >= 0.6 is 0 Å². The number of nitrogens with two attached hydrogens (primary N) is 1. The summed E-state index contributed by atoms with van der Waals surface area (Å²) >= 11 is 0. The maximum Gasteiger partial charge on any atom is 0.331 e. The predicted octanol–water partition coefficient (Wildman–Crippen LogP) is -6.41. The van der Waals surface area contributed by atoms with E-state index in [0.717, 1.165) is 6.42 Å². The molecule has 1 aliphatic heterocycles. The van der Waals surface area contributed by atoms with Crippen molar-refractivity contribution in [3.05, 3.63) is 0 Å². The number of quaternary nitrogens is 1. The summed E-state index contributed by atoms with van der Waals surface area (Å²) in [7, 11) is 0. The smallest absolute Gasteiger partial charge is 0.331 e. The maximum absolute atomic E-state index is 11.4. The van der Waals surface area contributed by atoms with E-state index in [-0.39, 0.29) is 41.9 Å². The third-order valence-electron chi connectivity index (χ3n) is 2.34. The van der Waals surface area contributed by atoms with Gasteiger partial charge in [-0.05, 0) is 13.3 Å². The first-order valence-electron chi connectivity index (χ1n) is 4.09. The number of hydrogen-bond donors (Lipinski definition) is 2. The summed E-state index contributed by atoms with van der Waals surface area (Å²) in [4.78, 5) is 11.4. The van der Waals surface area contributed by atoms with Crippen molar-refractivity contribution in [1.29, 1.82) is 0 Å². The molecule has 0 aliphatic carbocycles. The van der Waals surface area contributed by atoms with Crippen molar-refractivity contribution < 1.29 is 34.9 Å². The predicted molar refractivity (Wildman–Crippen MR) is 42.8 cm³/mol. The zero-order valence-electron chi connectivity index (χ0n) is 8.45. The number of halogens is 2. The van der Waals surface area contributed by atoms with Crippen LogP contribution in [0.15, 0.2) is 0 Å². The van der Waals surface area contributed by atoms with Crippen LogP contribution in [0.2, 0.25) is 0 Å². The Labute approximate surface area is 91.9 Å². The van der Waals surface area contributed by atoms with Crippen LogP contribution < -0.4 is 35.4 Å². The molecule has 5 heteroatoms. The fourth-order valence-electron chi connectivity index (χ4n) is 1.56. The minimum Gasteiger partial charge on any atom is -1.00 e. The summed E-state index contributed by atoms with van der Waals surface area (Å²) in [5.74, 6) is 0.227. The average Bonchev–Trinajstić information content (AvgIpc) is 2.03. The third-order valence-corrected chi connectivity index (χ3v) is 2.34. The fraction of sp³-hybridized carbons (Fsp3) is 0.875. The van der Waals surface area contributed by atoms with Crippen LogP contribution in [0, 0.1) is 0 Å². The molecule has 3 N–H and O–H groups in total. The standard InChI is InChI=1S/C8H16N2O.2ClH/c1-5-8(4)6(11)9-7(2,3)10-8;;/h10H,5H2,1-4H3,(H,9,11);2*1H/p-1. The summed E-state index contributed by atoms with van der Waals surface area (Å²) in [5.41, 5.74) is -0.439. The van der Waals surface area contributed by atoms with E-state index < -0.39 is 0 Å². The topological polar surface area (TPSA) is 45.7 Å². The first-order valence-corrected chi connectivity index (χ1v) is 4.09. The van der Waals surface area contributed by atoms with Crippen LogP contribution in [0.1, 0.15) is 34.1 Å². The molecule has 1 amide bonds. The molecular weight excluding hydrogens is 211 g/mol. The van der Waals surface area contributed by atoms with Gasteiger partial charge >= 0.3 is 5.91 Å². The van der Waals surface area contributed by atoms with E-state index in [0.29, 0.717) is 0 Å². The average molecular weight is 228 g/mol. The van der Waals surface area contributed by atoms with Crippen LogP contribution in [-0.4, -0.2) is 17.1 Å². The van der Waals surface area contributed by atoms with Crippen molar-refractivity contribution in [2.75, 3.05) is 0 Å². The van der Waals surface area contributed by atoms with Crippen molar-refractivity contribution in [3.63, 3.8) is 0 Å². The van der Waals surface area contributed by atoms with Gasteiger partial charge < -0.3 is 24.8 Å². The molecule has 13 heavy (non-hydrogen) atoms. The summed E-state index contributed by atoms with van der Waals surface area (Å²) in [5, 5.41) is 5.08. The van der Waals surface area contributed by atoms with Crippen LogP contribution in [0.5, 0.6) is 0 Å². The highest BCUT2D eigenvalue weighted by molar-refractivity contribution is 5.78. The Balaban J connectivity index is 0. The molecule has 1 fully saturated rings. The molecule has 0 spiro atoms. The van der Waals surface area contributed by atoms with E-state index in [1.54, 1.807) is 5.32 Å². The summed E-state index contributed by atoms with van der Waals surface area (Å²) < 4.78 is 0. The Kier molecular flexibility index (Phi) is 5.53. The van der Waals surface area contributed by atoms with Gasteiger partial charge in [-0.15, -0.1) is 0 Å². The first-order chi connectivity index (χ1) is 4.90. The minimum atomic E-state index is -0.316. The first kappa shape index (κ1) is 15.6. The lowest BCUT2D eigenvalue weighted by Gasteiger charge is -2.19. The molecular formula is C8H17Cl2N2O-. The van der Waals surface area contributed by atoms with Crippen LogP contribution in [0.4, 0.5) is 0 Å². The van der Waals surface area contributed by atoms with Crippen LogP contribution in [0.25, 0.3) is 0 Å². The zero-order chi connectivity index (χ0) is 8.70. The SMILES string of the molecule is CCC1(C)NC(C)(C)[NH2+]C1=O.[Cl-].[Cl-]. The Morgan fingerprint density at radius 2 is 1.77 bits per heavy atom. The molecule has 1 unspecified atom stereocenters. The van der Waals surface area contributed by atoms with Gasteiger partial charge in [0.05, 0.1) is 0 Å². The summed E-state index contributed by atoms with van der Waals surface area (Å²) in [6.07, 6.45) is 0.853. The van der Waals surface area contributed by atoms with E-state index >= 15 is 0 Å². The van der Waals surface area contributed by atoms with Gasteiger partial charge in [-0.1, -0.05) is 6.92 Å². The van der Waals surface area contributed by atoms with E-state index in [1.807, 2.05) is 27.7 Å². The third kappa shape index (κ3) is 3.09. The molecule has 0 aromatic rings. The minimum absolute atomic E-state index is 0. The molecule has 3 nitrogen and oxygen atoms in total. The van der Waals surface area contributed by atoms with Crippen molar-refractivity contribution in [2.45, 2.75) is 45.3 Å². The second kappa shape index (κ2) is 4.60. The second-order valence-electron chi connectivity index (χ2n) is 4.04. The maximum atomic E-state index is 11.4. The lowest BCUT2D eigenvalue weighted by molar-refractivity contribution is -0.629. The highest BCUT2D eigenvalue weighted by atomic mass is 35.5. The van der Waals surface area contributed by atoms with Gasteiger partial charge in [0.25, 0.3) is 0 Å². The van der Waals surface area contributed by atoms with E-state index in [4.69, 9.17) is 0 Å². The molecule has 0 radical (unpaired) electrons. The highest BCUT2D eigenvalue weighted by Crippen LogP contribution is 2.15. The molecule has 1 saturated heterocycles. The van der Waals surface area contributed by atoms with Crippen LogP contribution in [0.3, 0.4) is 0 Å². The molecule has 0 aromatic heterocycles. The van der Waals surface area contributed by atoms with Gasteiger partial charge in [-0.3, -0.25) is 5.32 Å². The van der Waals surface area contributed by atoms with E-state index in [2.05, 4.69) is 5.32 Å². The quantitative estimate of drug-likeness (QED) is 0.469. The molecule has 80 valence electrons. The lowest BCUT2D eigenvalue weighted by Crippen LogP contribution is -3.00. The second-order valence-corrected chi connectivity index (χ2v) is 4.04. The number of carbonyl (C=O) groups is 1. The Morgan fingerprint density at radius 3 is 1.92 bits per heavy atom. The molecule has 1 rings (SSSR count). The normalized spacial score (nSPS) is 30.6. The van der Waals surface area contributed by atoms with E-state index in [1.165, 1.54) is 0 Å².